The Hall–Kier alpha value is -3.76. The predicted molar refractivity (Wildman–Crippen MR) is 116 cm³/mol. The summed E-state index contributed by atoms with van der Waals surface area (Å²) in [5.74, 6) is -0.271. The number of tetrazole rings is 1. The number of aromatic nitrogens is 5. The quantitative estimate of drug-likeness (QED) is 0.424. The van der Waals surface area contributed by atoms with E-state index in [-0.39, 0.29) is 18.4 Å². The van der Waals surface area contributed by atoms with Crippen LogP contribution in [0, 0.1) is 0 Å². The number of nitrogens with zero attached hydrogens (tertiary/aromatic N) is 4. The Morgan fingerprint density at radius 1 is 1.16 bits per heavy atom. The number of amides is 2. The molecule has 0 aliphatic carbocycles. The van der Waals surface area contributed by atoms with Crippen molar-refractivity contribution in [2.45, 2.75) is 0 Å². The SMILES string of the molecule is COCC(=O)Nc1ccc2cc(C(=O)Nc3ccc(Cl)cc3-c3nn[nH]n3)n(C)c2c1. The molecule has 0 saturated heterocycles. The summed E-state index contributed by atoms with van der Waals surface area (Å²) < 4.78 is 6.58. The van der Waals surface area contributed by atoms with Crippen LogP contribution in [0.5, 0.6) is 0 Å². The highest BCUT2D eigenvalue weighted by Crippen LogP contribution is 2.29. The molecule has 0 spiro atoms. The van der Waals surface area contributed by atoms with Crippen LogP contribution < -0.4 is 10.6 Å². The number of fused-ring (bicyclic) bond motifs is 1. The molecule has 4 rings (SSSR count). The van der Waals surface area contributed by atoms with Gasteiger partial charge in [0.15, 0.2) is 0 Å². The number of H-pyrrole nitrogens is 1. The first kappa shape index (κ1) is 20.5. The van der Waals surface area contributed by atoms with E-state index in [9.17, 15) is 9.59 Å². The van der Waals surface area contributed by atoms with Gasteiger partial charge in [0.05, 0.1) is 11.2 Å². The van der Waals surface area contributed by atoms with Gasteiger partial charge in [0.25, 0.3) is 5.91 Å². The summed E-state index contributed by atoms with van der Waals surface area (Å²) in [6.45, 7) is -0.0391. The Kier molecular flexibility index (Phi) is 5.65. The van der Waals surface area contributed by atoms with E-state index in [1.165, 1.54) is 7.11 Å². The highest BCUT2D eigenvalue weighted by molar-refractivity contribution is 6.31. The fraction of sp³-hybridized carbons (Fsp3) is 0.150. The molecule has 11 heteroatoms. The first-order valence-corrected chi connectivity index (χ1v) is 9.57. The zero-order valence-electron chi connectivity index (χ0n) is 16.6. The van der Waals surface area contributed by atoms with Crippen molar-refractivity contribution in [3.63, 3.8) is 0 Å². The van der Waals surface area contributed by atoms with Gasteiger partial charge in [0.2, 0.25) is 11.7 Å². The van der Waals surface area contributed by atoms with Gasteiger partial charge >= 0.3 is 0 Å². The van der Waals surface area contributed by atoms with Gasteiger partial charge in [-0.15, -0.1) is 10.2 Å². The van der Waals surface area contributed by atoms with Gasteiger partial charge in [-0.25, -0.2) is 0 Å². The summed E-state index contributed by atoms with van der Waals surface area (Å²) in [6.07, 6.45) is 0. The molecule has 0 fully saturated rings. The maximum atomic E-state index is 13.0. The average Bonchev–Trinajstić information content (AvgIpc) is 3.38. The van der Waals surface area contributed by atoms with Crippen LogP contribution in [0.2, 0.25) is 5.02 Å². The molecule has 2 heterocycles. The Labute approximate surface area is 181 Å². The molecular formula is C20H18ClN7O3. The van der Waals surface area contributed by atoms with E-state index in [1.807, 2.05) is 6.07 Å². The number of anilines is 2. The predicted octanol–water partition coefficient (Wildman–Crippen LogP) is 2.85. The van der Waals surface area contributed by atoms with Crippen molar-refractivity contribution in [1.29, 1.82) is 0 Å². The Bertz CT molecular complexity index is 1270. The summed E-state index contributed by atoms with van der Waals surface area (Å²) in [5.41, 5.74) is 2.86. The van der Waals surface area contributed by atoms with E-state index in [2.05, 4.69) is 31.3 Å². The normalized spacial score (nSPS) is 10.9. The number of ether oxygens (including phenoxy) is 1. The van der Waals surface area contributed by atoms with Crippen molar-refractivity contribution < 1.29 is 14.3 Å². The summed E-state index contributed by atoms with van der Waals surface area (Å²) in [4.78, 5) is 24.8. The van der Waals surface area contributed by atoms with Crippen LogP contribution in [0.15, 0.2) is 42.5 Å². The first-order chi connectivity index (χ1) is 15.0. The van der Waals surface area contributed by atoms with Gasteiger partial charge in [-0.2, -0.15) is 5.21 Å². The van der Waals surface area contributed by atoms with E-state index in [4.69, 9.17) is 16.3 Å². The lowest BCUT2D eigenvalue weighted by Gasteiger charge is -2.10. The molecule has 0 bridgehead atoms. The van der Waals surface area contributed by atoms with Gasteiger partial charge in [-0.3, -0.25) is 9.59 Å². The number of aryl methyl sites for hydroxylation is 1. The number of hydrogen-bond donors (Lipinski definition) is 3. The number of rotatable bonds is 6. The fourth-order valence-electron chi connectivity index (χ4n) is 3.23. The lowest BCUT2D eigenvalue weighted by molar-refractivity contribution is -0.119. The number of carbonyl (C=O) groups excluding carboxylic acids is 2. The van der Waals surface area contributed by atoms with Crippen LogP contribution in [0.3, 0.4) is 0 Å². The topological polar surface area (TPSA) is 127 Å². The number of carbonyl (C=O) groups is 2. The molecule has 4 aromatic rings. The third kappa shape index (κ3) is 4.25. The van der Waals surface area contributed by atoms with Crippen LogP contribution in [0.4, 0.5) is 11.4 Å². The third-order valence-electron chi connectivity index (χ3n) is 4.65. The molecule has 31 heavy (non-hydrogen) atoms. The number of halogens is 1. The van der Waals surface area contributed by atoms with E-state index in [1.54, 1.807) is 48.0 Å². The zero-order chi connectivity index (χ0) is 22.0. The van der Waals surface area contributed by atoms with E-state index < -0.39 is 0 Å². The largest absolute Gasteiger partial charge is 0.375 e. The lowest BCUT2D eigenvalue weighted by atomic mass is 10.1. The molecule has 0 aliphatic heterocycles. The second kappa shape index (κ2) is 8.54. The first-order valence-electron chi connectivity index (χ1n) is 9.19. The molecule has 158 valence electrons. The summed E-state index contributed by atoms with van der Waals surface area (Å²) >= 11 is 6.10. The van der Waals surface area contributed by atoms with Crippen molar-refractivity contribution in [3.8, 4) is 11.4 Å². The molecular weight excluding hydrogens is 422 g/mol. The number of aromatic amines is 1. The molecule has 3 N–H and O–H groups in total. The molecule has 0 aliphatic rings. The van der Waals surface area contributed by atoms with E-state index in [0.717, 1.165) is 10.9 Å². The van der Waals surface area contributed by atoms with Crippen molar-refractivity contribution in [3.05, 3.63) is 53.2 Å². The van der Waals surface area contributed by atoms with Gasteiger partial charge in [-0.05, 0) is 41.6 Å². The minimum atomic E-state index is -0.323. The van der Waals surface area contributed by atoms with Crippen LogP contribution in [-0.2, 0) is 16.6 Å². The highest BCUT2D eigenvalue weighted by Gasteiger charge is 2.18. The molecule has 10 nitrogen and oxygen atoms in total. The second-order valence-corrected chi connectivity index (χ2v) is 7.16. The smallest absolute Gasteiger partial charge is 0.272 e. The van der Waals surface area contributed by atoms with Gasteiger partial charge in [0, 0.05) is 35.8 Å². The molecule has 2 aromatic heterocycles. The third-order valence-corrected chi connectivity index (χ3v) is 4.89. The van der Waals surface area contributed by atoms with Crippen LogP contribution in [-0.4, -0.2) is 50.7 Å². The van der Waals surface area contributed by atoms with Crippen molar-refractivity contribution in [1.82, 2.24) is 25.2 Å². The zero-order valence-corrected chi connectivity index (χ0v) is 17.4. The van der Waals surface area contributed by atoms with Gasteiger partial charge in [-0.1, -0.05) is 17.7 Å². The van der Waals surface area contributed by atoms with E-state index >= 15 is 0 Å². The van der Waals surface area contributed by atoms with E-state index in [0.29, 0.717) is 33.5 Å². The van der Waals surface area contributed by atoms with Crippen LogP contribution >= 0.6 is 11.6 Å². The van der Waals surface area contributed by atoms with Crippen LogP contribution in [0.25, 0.3) is 22.3 Å². The number of hydrogen-bond acceptors (Lipinski definition) is 6. The molecule has 0 radical (unpaired) electrons. The van der Waals surface area contributed by atoms with Gasteiger partial charge in [0.1, 0.15) is 12.3 Å². The van der Waals surface area contributed by atoms with Crippen molar-refractivity contribution in [2.75, 3.05) is 24.4 Å². The Morgan fingerprint density at radius 3 is 2.74 bits per heavy atom. The minimum absolute atomic E-state index is 0.0391. The molecule has 2 amide bonds. The monoisotopic (exact) mass is 439 g/mol. The highest BCUT2D eigenvalue weighted by atomic mass is 35.5. The minimum Gasteiger partial charge on any atom is -0.375 e. The molecule has 0 atom stereocenters. The standard InChI is InChI=1S/C20H18ClN7O3/c1-28-16-9-13(22-18(29)10-31-2)5-3-11(16)7-17(28)20(30)23-15-6-4-12(21)8-14(15)19-24-26-27-25-19/h3-9H,10H2,1-2H3,(H,22,29)(H,23,30)(H,24,25,26,27). The number of nitrogens with one attached hydrogen (secondary N) is 3. The lowest BCUT2D eigenvalue weighted by Crippen LogP contribution is -2.17. The fourth-order valence-corrected chi connectivity index (χ4v) is 3.40. The molecule has 0 unspecified atom stereocenters. The maximum Gasteiger partial charge on any atom is 0.272 e. The Balaban J connectivity index is 1.63. The summed E-state index contributed by atoms with van der Waals surface area (Å²) in [5, 5.41) is 20.8. The summed E-state index contributed by atoms with van der Waals surface area (Å²) in [6, 6.07) is 12.2. The molecule has 0 saturated carbocycles. The second-order valence-electron chi connectivity index (χ2n) is 6.72. The number of benzene rings is 2. The average molecular weight is 440 g/mol. The maximum absolute atomic E-state index is 13.0. The molecule has 2 aromatic carbocycles. The van der Waals surface area contributed by atoms with Crippen molar-refractivity contribution >= 4 is 45.7 Å². The Morgan fingerprint density at radius 2 is 2.00 bits per heavy atom. The van der Waals surface area contributed by atoms with Gasteiger partial charge < -0.3 is 19.9 Å². The number of methoxy groups -OCH3 is 1. The van der Waals surface area contributed by atoms with Crippen LogP contribution in [0.1, 0.15) is 10.5 Å². The van der Waals surface area contributed by atoms with Crippen molar-refractivity contribution in [2.24, 2.45) is 7.05 Å². The summed E-state index contributed by atoms with van der Waals surface area (Å²) in [7, 11) is 3.23.